The highest BCUT2D eigenvalue weighted by atomic mass is 16.5. The summed E-state index contributed by atoms with van der Waals surface area (Å²) in [6.07, 6.45) is 1.81. The number of methoxy groups -OCH3 is 1. The molecule has 0 bridgehead atoms. The van der Waals surface area contributed by atoms with Gasteiger partial charge in [0.1, 0.15) is 11.4 Å². The number of piperazine rings is 1. The molecule has 1 saturated heterocycles. The Morgan fingerprint density at radius 1 is 1.03 bits per heavy atom. The second-order valence-electron chi connectivity index (χ2n) is 7.23. The Balaban J connectivity index is 1.71. The largest absolute Gasteiger partial charge is 0.496 e. The number of aliphatic hydroxyl groups is 1. The number of para-hydroxylation sites is 2. The van der Waals surface area contributed by atoms with Crippen LogP contribution in [0.25, 0.3) is 16.9 Å². The second-order valence-corrected chi connectivity index (χ2v) is 7.23. The molecule has 30 heavy (non-hydrogen) atoms. The zero-order valence-corrected chi connectivity index (χ0v) is 17.1. The van der Waals surface area contributed by atoms with Crippen LogP contribution in [0.3, 0.4) is 0 Å². The Hall–Kier alpha value is -3.16. The van der Waals surface area contributed by atoms with E-state index in [9.17, 15) is 4.79 Å². The summed E-state index contributed by atoms with van der Waals surface area (Å²) < 4.78 is 7.28. The predicted molar refractivity (Wildman–Crippen MR) is 115 cm³/mol. The van der Waals surface area contributed by atoms with Gasteiger partial charge in [0.25, 0.3) is 5.91 Å². The molecule has 0 atom stereocenters. The Morgan fingerprint density at radius 3 is 2.43 bits per heavy atom. The molecule has 0 spiro atoms. The Kier molecular flexibility index (Phi) is 6.11. The monoisotopic (exact) mass is 406 g/mol. The Morgan fingerprint density at radius 2 is 1.73 bits per heavy atom. The molecule has 1 aromatic heterocycles. The highest BCUT2D eigenvalue weighted by molar-refractivity contribution is 6.00. The quantitative estimate of drug-likeness (QED) is 0.680. The first-order valence-corrected chi connectivity index (χ1v) is 10.1. The van der Waals surface area contributed by atoms with E-state index in [2.05, 4.69) is 4.90 Å². The third-order valence-corrected chi connectivity index (χ3v) is 5.40. The van der Waals surface area contributed by atoms with Crippen molar-refractivity contribution in [3.63, 3.8) is 0 Å². The van der Waals surface area contributed by atoms with Gasteiger partial charge in [-0.1, -0.05) is 30.3 Å². The van der Waals surface area contributed by atoms with E-state index in [1.54, 1.807) is 18.0 Å². The first-order valence-electron chi connectivity index (χ1n) is 10.1. The molecule has 1 fully saturated rings. The summed E-state index contributed by atoms with van der Waals surface area (Å²) in [6, 6.07) is 17.4. The Bertz CT molecular complexity index is 995. The van der Waals surface area contributed by atoms with E-state index in [0.29, 0.717) is 36.6 Å². The van der Waals surface area contributed by atoms with Crippen molar-refractivity contribution in [1.29, 1.82) is 0 Å². The molecule has 156 valence electrons. The number of carbonyl (C=O) groups is 1. The third-order valence-electron chi connectivity index (χ3n) is 5.40. The second kappa shape index (κ2) is 9.11. The molecule has 2 aromatic carbocycles. The molecule has 1 aliphatic heterocycles. The van der Waals surface area contributed by atoms with Gasteiger partial charge in [0.15, 0.2) is 0 Å². The van der Waals surface area contributed by atoms with Crippen molar-refractivity contribution in [3.8, 4) is 22.7 Å². The van der Waals surface area contributed by atoms with Crippen LogP contribution in [0.15, 0.2) is 60.8 Å². The van der Waals surface area contributed by atoms with Crippen molar-refractivity contribution in [2.45, 2.75) is 0 Å². The first-order chi connectivity index (χ1) is 14.7. The maximum Gasteiger partial charge on any atom is 0.257 e. The summed E-state index contributed by atoms with van der Waals surface area (Å²) in [6.45, 7) is 3.53. The van der Waals surface area contributed by atoms with Crippen molar-refractivity contribution in [2.24, 2.45) is 0 Å². The van der Waals surface area contributed by atoms with Gasteiger partial charge in [-0.3, -0.25) is 9.69 Å². The van der Waals surface area contributed by atoms with Crippen LogP contribution in [-0.4, -0.2) is 77.0 Å². The number of hydrogen-bond acceptors (Lipinski definition) is 5. The molecule has 0 unspecified atom stereocenters. The third kappa shape index (κ3) is 4.08. The van der Waals surface area contributed by atoms with Gasteiger partial charge in [0.2, 0.25) is 0 Å². The van der Waals surface area contributed by atoms with Crippen LogP contribution in [0.4, 0.5) is 0 Å². The lowest BCUT2D eigenvalue weighted by Gasteiger charge is -2.34. The number of nitrogens with zero attached hydrogens (tertiary/aromatic N) is 4. The average Bonchev–Trinajstić information content (AvgIpc) is 3.25. The van der Waals surface area contributed by atoms with Crippen LogP contribution in [0, 0.1) is 0 Å². The molecule has 1 amide bonds. The SMILES string of the molecule is COc1ccccc1-c1nn(-c2ccccc2)cc1C(=O)N1CCN(CCO)CC1. The molecule has 0 saturated carbocycles. The van der Waals surface area contributed by atoms with E-state index in [0.717, 1.165) is 24.3 Å². The number of aromatic nitrogens is 2. The summed E-state index contributed by atoms with van der Waals surface area (Å²) in [5.74, 6) is 0.638. The molecule has 0 radical (unpaired) electrons. The highest BCUT2D eigenvalue weighted by Crippen LogP contribution is 2.32. The number of rotatable bonds is 6. The van der Waals surface area contributed by atoms with E-state index in [1.807, 2.05) is 59.5 Å². The minimum Gasteiger partial charge on any atom is -0.496 e. The van der Waals surface area contributed by atoms with Gasteiger partial charge in [0.05, 0.1) is 25.0 Å². The molecular formula is C23H26N4O3. The lowest BCUT2D eigenvalue weighted by Crippen LogP contribution is -2.49. The maximum atomic E-state index is 13.5. The molecule has 2 heterocycles. The normalized spacial score (nSPS) is 14.7. The first kappa shape index (κ1) is 20.1. The van der Waals surface area contributed by atoms with Crippen LogP contribution >= 0.6 is 0 Å². The number of amides is 1. The minimum atomic E-state index is -0.0401. The fourth-order valence-corrected chi connectivity index (χ4v) is 3.77. The molecule has 7 heteroatoms. The number of carbonyl (C=O) groups excluding carboxylic acids is 1. The smallest absolute Gasteiger partial charge is 0.257 e. The highest BCUT2D eigenvalue weighted by Gasteiger charge is 2.27. The average molecular weight is 406 g/mol. The van der Waals surface area contributed by atoms with Gasteiger partial charge >= 0.3 is 0 Å². The van der Waals surface area contributed by atoms with E-state index in [1.165, 1.54) is 0 Å². The van der Waals surface area contributed by atoms with Crippen LogP contribution < -0.4 is 4.74 Å². The summed E-state index contributed by atoms with van der Waals surface area (Å²) in [5, 5.41) is 13.9. The molecular weight excluding hydrogens is 380 g/mol. The van der Waals surface area contributed by atoms with Crippen molar-refractivity contribution in [3.05, 3.63) is 66.4 Å². The number of benzene rings is 2. The number of hydrogen-bond donors (Lipinski definition) is 1. The van der Waals surface area contributed by atoms with Crippen molar-refractivity contribution in [2.75, 3.05) is 46.4 Å². The summed E-state index contributed by atoms with van der Waals surface area (Å²) in [4.78, 5) is 17.5. The van der Waals surface area contributed by atoms with E-state index < -0.39 is 0 Å². The van der Waals surface area contributed by atoms with Crippen LogP contribution in [0.1, 0.15) is 10.4 Å². The minimum absolute atomic E-state index is 0.0401. The van der Waals surface area contributed by atoms with Crippen molar-refractivity contribution in [1.82, 2.24) is 19.6 Å². The zero-order chi connectivity index (χ0) is 20.9. The maximum absolute atomic E-state index is 13.5. The topological polar surface area (TPSA) is 70.8 Å². The predicted octanol–water partition coefficient (Wildman–Crippen LogP) is 2.30. The van der Waals surface area contributed by atoms with Crippen molar-refractivity contribution >= 4 is 5.91 Å². The number of ether oxygens (including phenoxy) is 1. The van der Waals surface area contributed by atoms with Gasteiger partial charge in [-0.05, 0) is 24.3 Å². The molecule has 1 N–H and O–H groups in total. The zero-order valence-electron chi connectivity index (χ0n) is 17.1. The van der Waals surface area contributed by atoms with Crippen LogP contribution in [0.2, 0.25) is 0 Å². The van der Waals surface area contributed by atoms with Crippen LogP contribution in [0.5, 0.6) is 5.75 Å². The summed E-state index contributed by atoms with van der Waals surface area (Å²) >= 11 is 0. The summed E-state index contributed by atoms with van der Waals surface area (Å²) in [7, 11) is 1.62. The van der Waals surface area contributed by atoms with E-state index in [4.69, 9.17) is 14.9 Å². The number of aliphatic hydroxyl groups excluding tert-OH is 1. The van der Waals surface area contributed by atoms with Gasteiger partial charge in [-0.2, -0.15) is 5.10 Å². The Labute approximate surface area is 176 Å². The van der Waals surface area contributed by atoms with Crippen LogP contribution in [-0.2, 0) is 0 Å². The van der Waals surface area contributed by atoms with E-state index >= 15 is 0 Å². The van der Waals surface area contributed by atoms with E-state index in [-0.39, 0.29) is 12.5 Å². The standard InChI is InChI=1S/C23H26N4O3/c1-30-21-10-6-5-9-19(21)22-20(17-27(24-22)18-7-3-2-4-8-18)23(29)26-13-11-25(12-14-26)15-16-28/h2-10,17,28H,11-16H2,1H3. The lowest BCUT2D eigenvalue weighted by molar-refractivity contribution is 0.0615. The molecule has 0 aliphatic carbocycles. The molecule has 1 aliphatic rings. The number of β-amino-alcohol motifs (C(OH)–C–C–N with tert-alkyl or cyclic N) is 1. The lowest BCUT2D eigenvalue weighted by atomic mass is 10.1. The van der Waals surface area contributed by atoms with Gasteiger partial charge in [-0.15, -0.1) is 0 Å². The van der Waals surface area contributed by atoms with Crippen molar-refractivity contribution < 1.29 is 14.6 Å². The van der Waals surface area contributed by atoms with Gasteiger partial charge in [-0.25, -0.2) is 4.68 Å². The molecule has 4 rings (SSSR count). The van der Waals surface area contributed by atoms with Gasteiger partial charge < -0.3 is 14.7 Å². The fourth-order valence-electron chi connectivity index (χ4n) is 3.77. The molecule has 3 aromatic rings. The fraction of sp³-hybridized carbons (Fsp3) is 0.304. The summed E-state index contributed by atoms with van der Waals surface area (Å²) in [5.41, 5.74) is 2.84. The molecule has 7 nitrogen and oxygen atoms in total. The van der Waals surface area contributed by atoms with Gasteiger partial charge in [0, 0.05) is 44.5 Å².